The number of aryl methyl sites for hydroxylation is 2. The van der Waals surface area contributed by atoms with E-state index in [4.69, 9.17) is 4.98 Å². The van der Waals surface area contributed by atoms with Crippen LogP contribution in [0.3, 0.4) is 0 Å². The van der Waals surface area contributed by atoms with Gasteiger partial charge in [-0.25, -0.2) is 4.79 Å². The molecule has 0 bridgehead atoms. The van der Waals surface area contributed by atoms with Crippen LogP contribution < -0.4 is 5.32 Å². The van der Waals surface area contributed by atoms with Crippen molar-refractivity contribution >= 4 is 28.5 Å². The van der Waals surface area contributed by atoms with E-state index < -0.39 is 0 Å². The fourth-order valence-corrected chi connectivity index (χ4v) is 6.22. The molecule has 0 radical (unpaired) electrons. The number of aromatic nitrogens is 3. The Kier molecular flexibility index (Phi) is 7.24. The number of benzene rings is 2. The van der Waals surface area contributed by atoms with Crippen LogP contribution in [0.5, 0.6) is 0 Å². The van der Waals surface area contributed by atoms with Crippen molar-refractivity contribution in [1.29, 1.82) is 0 Å². The number of urea groups is 1. The van der Waals surface area contributed by atoms with Gasteiger partial charge in [0.05, 0.1) is 11.7 Å². The Hall–Kier alpha value is -4.20. The molecule has 2 N–H and O–H groups in total. The van der Waals surface area contributed by atoms with Crippen LogP contribution in [-0.2, 0) is 24.2 Å². The molecule has 40 heavy (non-hydrogen) atoms. The van der Waals surface area contributed by atoms with Gasteiger partial charge in [0.2, 0.25) is 5.91 Å². The van der Waals surface area contributed by atoms with Crippen LogP contribution in [-0.4, -0.2) is 56.1 Å². The van der Waals surface area contributed by atoms with Crippen molar-refractivity contribution in [2.24, 2.45) is 0 Å². The monoisotopic (exact) mass is 536 g/mol. The number of pyridine rings is 1. The average molecular weight is 537 g/mol. The first-order valence-electron chi connectivity index (χ1n) is 14.3. The number of carbonyl (C=O) groups excluding carboxylic acids is 2. The number of rotatable bonds is 7. The quantitative estimate of drug-likeness (QED) is 0.322. The van der Waals surface area contributed by atoms with Gasteiger partial charge in [0.25, 0.3) is 0 Å². The first kappa shape index (κ1) is 26.0. The number of para-hydroxylation sites is 1. The standard InChI is InChI=1S/C32H36N6O2/c1-3-22-8-11-33-29(17-22)25(15-23-14-21(2)31-26(16-23)19-34-36-31)18-30(39)37-12-9-27(10-13-37)38-20-24-6-4-5-7-28(24)35-32(38)40/h4-8,11,14,16-17,19,25,27H,3,9-10,12-13,15,18,20H2,1-2H3,(H,34,36)(H,35,40). The Morgan fingerprint density at radius 3 is 2.75 bits per heavy atom. The summed E-state index contributed by atoms with van der Waals surface area (Å²) in [5, 5.41) is 11.4. The SMILES string of the molecule is CCc1ccnc(C(CC(=O)N2CCC(N3Cc4ccccc4NC3=O)CC2)Cc2cc(C)c3[nH]ncc3c2)c1. The van der Waals surface area contributed by atoms with Gasteiger partial charge in [0.1, 0.15) is 0 Å². The Bertz CT molecular complexity index is 1540. The van der Waals surface area contributed by atoms with Gasteiger partial charge in [-0.1, -0.05) is 31.2 Å². The lowest BCUT2D eigenvalue weighted by Crippen LogP contribution is -2.51. The van der Waals surface area contributed by atoms with Crippen molar-refractivity contribution in [3.63, 3.8) is 0 Å². The number of piperidine rings is 1. The van der Waals surface area contributed by atoms with Gasteiger partial charge in [0.15, 0.2) is 0 Å². The van der Waals surface area contributed by atoms with Gasteiger partial charge in [-0.2, -0.15) is 5.10 Å². The predicted molar refractivity (Wildman–Crippen MR) is 156 cm³/mol. The van der Waals surface area contributed by atoms with Crippen LogP contribution in [0.4, 0.5) is 10.5 Å². The first-order chi connectivity index (χ1) is 19.5. The second kappa shape index (κ2) is 11.1. The number of likely N-dealkylation sites (tertiary alicyclic amines) is 1. The minimum absolute atomic E-state index is 0.0233. The van der Waals surface area contributed by atoms with E-state index in [0.29, 0.717) is 26.1 Å². The number of amides is 3. The maximum absolute atomic E-state index is 13.7. The third kappa shape index (κ3) is 5.30. The predicted octanol–water partition coefficient (Wildman–Crippen LogP) is 5.58. The summed E-state index contributed by atoms with van der Waals surface area (Å²) in [6, 6.07) is 16.6. The van der Waals surface area contributed by atoms with Crippen LogP contribution in [0.15, 0.2) is 60.9 Å². The molecule has 1 saturated heterocycles. The van der Waals surface area contributed by atoms with Crippen molar-refractivity contribution in [3.8, 4) is 0 Å². The van der Waals surface area contributed by atoms with Crippen LogP contribution >= 0.6 is 0 Å². The first-order valence-corrected chi connectivity index (χ1v) is 14.3. The molecule has 8 nitrogen and oxygen atoms in total. The van der Waals surface area contributed by atoms with Gasteiger partial charge >= 0.3 is 6.03 Å². The van der Waals surface area contributed by atoms with Crippen LogP contribution in [0.1, 0.15) is 60.1 Å². The van der Waals surface area contributed by atoms with Gasteiger partial charge < -0.3 is 15.1 Å². The number of nitrogens with one attached hydrogen (secondary N) is 2. The van der Waals surface area contributed by atoms with Gasteiger partial charge in [-0.15, -0.1) is 0 Å². The summed E-state index contributed by atoms with van der Waals surface area (Å²) in [6.45, 7) is 6.16. The number of H-pyrrole nitrogens is 1. The molecule has 206 valence electrons. The Labute approximate surface area is 234 Å². The van der Waals surface area contributed by atoms with E-state index in [9.17, 15) is 9.59 Å². The summed E-state index contributed by atoms with van der Waals surface area (Å²) < 4.78 is 0. The lowest BCUT2D eigenvalue weighted by Gasteiger charge is -2.40. The molecule has 0 aliphatic carbocycles. The Balaban J connectivity index is 1.15. The van der Waals surface area contributed by atoms with Crippen molar-refractivity contribution in [2.45, 2.75) is 64.5 Å². The summed E-state index contributed by atoms with van der Waals surface area (Å²) in [4.78, 5) is 35.1. The topological polar surface area (TPSA) is 94.2 Å². The number of fused-ring (bicyclic) bond motifs is 2. The molecule has 4 aromatic rings. The fraction of sp³-hybridized carbons (Fsp3) is 0.375. The fourth-order valence-electron chi connectivity index (χ4n) is 6.22. The molecule has 2 aromatic carbocycles. The average Bonchev–Trinajstić information content (AvgIpc) is 3.46. The van der Waals surface area contributed by atoms with Crippen molar-refractivity contribution in [2.75, 3.05) is 18.4 Å². The van der Waals surface area contributed by atoms with Crippen LogP contribution in [0.25, 0.3) is 10.9 Å². The van der Waals surface area contributed by atoms with Crippen LogP contribution in [0, 0.1) is 6.92 Å². The van der Waals surface area contributed by atoms with E-state index in [-0.39, 0.29) is 23.9 Å². The molecule has 2 aliphatic heterocycles. The lowest BCUT2D eigenvalue weighted by molar-refractivity contribution is -0.133. The number of aromatic amines is 1. The molecule has 3 amide bonds. The van der Waals surface area contributed by atoms with Crippen molar-refractivity contribution in [3.05, 3.63) is 88.9 Å². The minimum atomic E-state index is -0.0460. The van der Waals surface area contributed by atoms with Crippen molar-refractivity contribution in [1.82, 2.24) is 25.0 Å². The Morgan fingerprint density at radius 2 is 1.93 bits per heavy atom. The highest BCUT2D eigenvalue weighted by molar-refractivity contribution is 5.92. The zero-order valence-electron chi connectivity index (χ0n) is 23.2. The lowest BCUT2D eigenvalue weighted by atomic mass is 9.89. The van der Waals surface area contributed by atoms with E-state index >= 15 is 0 Å². The molecular weight excluding hydrogens is 500 g/mol. The number of hydrogen-bond donors (Lipinski definition) is 2. The van der Waals surface area contributed by atoms with Crippen molar-refractivity contribution < 1.29 is 9.59 Å². The molecule has 0 spiro atoms. The maximum Gasteiger partial charge on any atom is 0.322 e. The van der Waals surface area contributed by atoms with E-state index in [0.717, 1.165) is 59.1 Å². The number of anilines is 1. The molecule has 8 heteroatoms. The summed E-state index contributed by atoms with van der Waals surface area (Å²) in [5.41, 5.74) is 7.61. The molecule has 2 aliphatic rings. The summed E-state index contributed by atoms with van der Waals surface area (Å²) in [7, 11) is 0. The van der Waals surface area contributed by atoms with Gasteiger partial charge in [0, 0.05) is 61.0 Å². The number of hydrogen-bond acceptors (Lipinski definition) is 4. The van der Waals surface area contributed by atoms with E-state index in [2.05, 4.69) is 53.6 Å². The summed E-state index contributed by atoms with van der Waals surface area (Å²) in [5.74, 6) is 0.131. The van der Waals surface area contributed by atoms with E-state index in [1.165, 1.54) is 11.1 Å². The molecule has 4 heterocycles. The number of nitrogens with zero attached hydrogens (tertiary/aromatic N) is 4. The van der Waals surface area contributed by atoms with E-state index in [1.54, 1.807) is 0 Å². The Morgan fingerprint density at radius 1 is 1.10 bits per heavy atom. The van der Waals surface area contributed by atoms with Gasteiger partial charge in [-0.05, 0) is 79.1 Å². The zero-order chi connectivity index (χ0) is 27.6. The molecular formula is C32H36N6O2. The smallest absolute Gasteiger partial charge is 0.322 e. The molecule has 2 aromatic heterocycles. The van der Waals surface area contributed by atoms with Crippen LogP contribution in [0.2, 0.25) is 0 Å². The number of carbonyl (C=O) groups is 2. The summed E-state index contributed by atoms with van der Waals surface area (Å²) in [6.07, 6.45) is 7.36. The second-order valence-electron chi connectivity index (χ2n) is 11.1. The zero-order valence-corrected chi connectivity index (χ0v) is 23.2. The maximum atomic E-state index is 13.7. The molecule has 6 rings (SSSR count). The third-order valence-corrected chi connectivity index (χ3v) is 8.50. The molecule has 0 saturated carbocycles. The largest absolute Gasteiger partial charge is 0.343 e. The van der Waals surface area contributed by atoms with Gasteiger partial charge in [-0.3, -0.25) is 14.9 Å². The third-order valence-electron chi connectivity index (χ3n) is 8.50. The van der Waals surface area contributed by atoms with E-state index in [1.807, 2.05) is 46.5 Å². The molecule has 1 atom stereocenters. The highest BCUT2D eigenvalue weighted by Crippen LogP contribution is 2.30. The molecule has 1 unspecified atom stereocenters. The minimum Gasteiger partial charge on any atom is -0.343 e. The molecule has 1 fully saturated rings. The normalized spacial score (nSPS) is 16.6. The summed E-state index contributed by atoms with van der Waals surface area (Å²) >= 11 is 0. The highest BCUT2D eigenvalue weighted by atomic mass is 16.2. The highest BCUT2D eigenvalue weighted by Gasteiger charge is 2.33. The second-order valence-corrected chi connectivity index (χ2v) is 11.1.